The predicted molar refractivity (Wildman–Crippen MR) is 106 cm³/mol. The Bertz CT molecular complexity index is 1070. The molecular formula is C19H19ClFN3O3S. The molecule has 148 valence electrons. The van der Waals surface area contributed by atoms with Crippen molar-refractivity contribution < 1.29 is 17.5 Å². The highest BCUT2D eigenvalue weighted by atomic mass is 35.5. The zero-order chi connectivity index (χ0) is 20.3. The molecule has 0 amide bonds. The monoisotopic (exact) mass is 423 g/mol. The number of nitrogens with one attached hydrogen (secondary N) is 1. The molecule has 0 radical (unpaired) electrons. The topological polar surface area (TPSA) is 73.2 Å². The van der Waals surface area contributed by atoms with Crippen LogP contribution >= 0.6 is 11.6 Å². The average molecular weight is 424 g/mol. The summed E-state index contributed by atoms with van der Waals surface area (Å²) in [6.45, 7) is 4.06. The fraction of sp³-hybridized carbons (Fsp3) is 0.211. The fourth-order valence-corrected chi connectivity index (χ4v) is 3.71. The van der Waals surface area contributed by atoms with Gasteiger partial charge in [0.1, 0.15) is 11.6 Å². The summed E-state index contributed by atoms with van der Waals surface area (Å²) < 4.78 is 47.4. The molecule has 0 aliphatic rings. The van der Waals surface area contributed by atoms with Crippen molar-refractivity contribution in [3.05, 3.63) is 71.3 Å². The van der Waals surface area contributed by atoms with Gasteiger partial charge in [-0.15, -0.1) is 0 Å². The number of benzene rings is 2. The Morgan fingerprint density at radius 2 is 1.93 bits per heavy atom. The van der Waals surface area contributed by atoms with Gasteiger partial charge in [0.15, 0.2) is 6.73 Å². The maximum atomic E-state index is 13.1. The van der Waals surface area contributed by atoms with Crippen molar-refractivity contribution in [1.82, 2.24) is 9.78 Å². The number of halogens is 2. The van der Waals surface area contributed by atoms with Crippen molar-refractivity contribution in [2.24, 2.45) is 0 Å². The van der Waals surface area contributed by atoms with Crippen LogP contribution in [-0.2, 0) is 16.8 Å². The predicted octanol–water partition coefficient (Wildman–Crippen LogP) is 4.64. The Kier molecular flexibility index (Phi) is 5.90. The molecule has 28 heavy (non-hydrogen) atoms. The first kappa shape index (κ1) is 20.2. The van der Waals surface area contributed by atoms with Gasteiger partial charge in [-0.3, -0.25) is 4.72 Å². The average Bonchev–Trinajstić information content (AvgIpc) is 3.07. The van der Waals surface area contributed by atoms with Gasteiger partial charge in [0, 0.05) is 0 Å². The van der Waals surface area contributed by atoms with E-state index in [9.17, 15) is 12.8 Å². The van der Waals surface area contributed by atoms with E-state index in [0.29, 0.717) is 17.4 Å². The van der Waals surface area contributed by atoms with Crippen LogP contribution in [0.3, 0.4) is 0 Å². The van der Waals surface area contributed by atoms with Crippen LogP contribution in [0.15, 0.2) is 59.8 Å². The highest BCUT2D eigenvalue weighted by Gasteiger charge is 2.15. The van der Waals surface area contributed by atoms with Gasteiger partial charge in [-0.1, -0.05) is 37.6 Å². The fourth-order valence-electron chi connectivity index (χ4n) is 2.46. The molecule has 0 aliphatic heterocycles. The largest absolute Gasteiger partial charge is 0.470 e. The third-order valence-electron chi connectivity index (χ3n) is 3.99. The molecule has 1 aromatic heterocycles. The zero-order valence-corrected chi connectivity index (χ0v) is 16.8. The lowest BCUT2D eigenvalue weighted by molar-refractivity contribution is 0.221. The van der Waals surface area contributed by atoms with Gasteiger partial charge in [0.25, 0.3) is 10.0 Å². The number of rotatable bonds is 7. The van der Waals surface area contributed by atoms with Crippen LogP contribution in [0, 0.1) is 5.82 Å². The summed E-state index contributed by atoms with van der Waals surface area (Å²) in [7, 11) is -3.73. The van der Waals surface area contributed by atoms with Gasteiger partial charge in [0.2, 0.25) is 0 Å². The summed E-state index contributed by atoms with van der Waals surface area (Å²) in [5.41, 5.74) is 1.35. The van der Waals surface area contributed by atoms with E-state index >= 15 is 0 Å². The number of sulfonamides is 1. The Hall–Kier alpha value is -2.58. The summed E-state index contributed by atoms with van der Waals surface area (Å²) in [6, 6.07) is 10.5. The Labute approximate surface area is 168 Å². The SMILES string of the molecule is CC(C)c1ccc(S(=O)(=O)Nc2cnn(COc3ccc(F)cc3Cl)c2)cc1. The maximum Gasteiger partial charge on any atom is 0.261 e. The molecule has 1 N–H and O–H groups in total. The molecule has 9 heteroatoms. The standard InChI is InChI=1S/C19H19ClFN3O3S/c1-13(2)14-3-6-17(7-4-14)28(25,26)23-16-10-22-24(11-16)12-27-19-8-5-15(21)9-18(19)20/h3-11,13,23H,12H2,1-2H3. The van der Waals surface area contributed by atoms with Crippen LogP contribution in [0.25, 0.3) is 0 Å². The maximum absolute atomic E-state index is 13.1. The highest BCUT2D eigenvalue weighted by Crippen LogP contribution is 2.25. The minimum atomic E-state index is -3.73. The van der Waals surface area contributed by atoms with E-state index in [1.165, 1.54) is 29.2 Å². The van der Waals surface area contributed by atoms with Crippen molar-refractivity contribution in [3.8, 4) is 5.75 Å². The summed E-state index contributed by atoms with van der Waals surface area (Å²) in [5.74, 6) is 0.151. The second kappa shape index (κ2) is 8.20. The van der Waals surface area contributed by atoms with E-state index in [-0.39, 0.29) is 16.6 Å². The van der Waals surface area contributed by atoms with Crippen molar-refractivity contribution in [2.75, 3.05) is 4.72 Å². The number of aromatic nitrogens is 2. The van der Waals surface area contributed by atoms with Crippen molar-refractivity contribution in [3.63, 3.8) is 0 Å². The van der Waals surface area contributed by atoms with Crippen LogP contribution in [-0.4, -0.2) is 18.2 Å². The summed E-state index contributed by atoms with van der Waals surface area (Å²) in [6.07, 6.45) is 2.85. The van der Waals surface area contributed by atoms with Gasteiger partial charge in [-0.05, 0) is 41.8 Å². The third kappa shape index (κ3) is 4.82. The van der Waals surface area contributed by atoms with Crippen LogP contribution < -0.4 is 9.46 Å². The summed E-state index contributed by atoms with van der Waals surface area (Å²) in [5, 5.41) is 4.18. The quantitative estimate of drug-likeness (QED) is 0.601. The number of anilines is 1. The first-order valence-corrected chi connectivity index (χ1v) is 10.3. The lowest BCUT2D eigenvalue weighted by atomic mass is 10.0. The molecule has 0 bridgehead atoms. The molecule has 0 aliphatic carbocycles. The molecular weight excluding hydrogens is 405 g/mol. The van der Waals surface area contributed by atoms with Crippen molar-refractivity contribution >= 4 is 27.3 Å². The first-order valence-electron chi connectivity index (χ1n) is 8.48. The molecule has 3 aromatic rings. The lowest BCUT2D eigenvalue weighted by Gasteiger charge is -2.09. The van der Waals surface area contributed by atoms with Gasteiger partial charge >= 0.3 is 0 Å². The molecule has 6 nitrogen and oxygen atoms in total. The normalized spacial score (nSPS) is 11.6. The number of hydrogen-bond acceptors (Lipinski definition) is 4. The summed E-state index contributed by atoms with van der Waals surface area (Å²) in [4.78, 5) is 0.166. The van der Waals surface area contributed by atoms with Crippen LogP contribution in [0.2, 0.25) is 5.02 Å². The third-order valence-corrected chi connectivity index (χ3v) is 5.68. The molecule has 0 atom stereocenters. The molecule has 0 unspecified atom stereocenters. The Morgan fingerprint density at radius 1 is 1.21 bits per heavy atom. The van der Waals surface area contributed by atoms with E-state index in [1.807, 2.05) is 13.8 Å². The minimum Gasteiger partial charge on any atom is -0.470 e. The van der Waals surface area contributed by atoms with E-state index in [4.69, 9.17) is 16.3 Å². The van der Waals surface area contributed by atoms with E-state index < -0.39 is 15.8 Å². The van der Waals surface area contributed by atoms with E-state index in [1.54, 1.807) is 24.3 Å². The van der Waals surface area contributed by atoms with Crippen molar-refractivity contribution in [2.45, 2.75) is 31.4 Å². The molecule has 2 aromatic carbocycles. The smallest absolute Gasteiger partial charge is 0.261 e. The highest BCUT2D eigenvalue weighted by molar-refractivity contribution is 7.92. The van der Waals surface area contributed by atoms with Gasteiger partial charge in [-0.25, -0.2) is 17.5 Å². The molecule has 3 rings (SSSR count). The van der Waals surface area contributed by atoms with E-state index in [2.05, 4.69) is 9.82 Å². The van der Waals surface area contributed by atoms with Crippen LogP contribution in [0.1, 0.15) is 25.3 Å². The number of hydrogen-bond donors (Lipinski definition) is 1. The Balaban J connectivity index is 1.66. The van der Waals surface area contributed by atoms with E-state index in [0.717, 1.165) is 11.6 Å². The van der Waals surface area contributed by atoms with Crippen LogP contribution in [0.4, 0.5) is 10.1 Å². The van der Waals surface area contributed by atoms with Crippen LogP contribution in [0.5, 0.6) is 5.75 Å². The molecule has 0 spiro atoms. The summed E-state index contributed by atoms with van der Waals surface area (Å²) >= 11 is 5.90. The van der Waals surface area contributed by atoms with Gasteiger partial charge < -0.3 is 4.74 Å². The second-order valence-corrected chi connectivity index (χ2v) is 8.54. The lowest BCUT2D eigenvalue weighted by Crippen LogP contribution is -2.12. The zero-order valence-electron chi connectivity index (χ0n) is 15.3. The number of ether oxygens (including phenoxy) is 1. The minimum absolute atomic E-state index is 0.0177. The molecule has 0 saturated heterocycles. The number of nitrogens with zero attached hydrogens (tertiary/aromatic N) is 2. The Morgan fingerprint density at radius 3 is 2.57 bits per heavy atom. The second-order valence-electron chi connectivity index (χ2n) is 6.45. The van der Waals surface area contributed by atoms with Gasteiger partial charge in [-0.2, -0.15) is 5.10 Å². The molecule has 0 fully saturated rings. The van der Waals surface area contributed by atoms with Crippen molar-refractivity contribution in [1.29, 1.82) is 0 Å². The first-order chi connectivity index (χ1) is 13.2. The molecule has 0 saturated carbocycles. The molecule has 1 heterocycles. The van der Waals surface area contributed by atoms with Gasteiger partial charge in [0.05, 0.1) is 28.0 Å².